The summed E-state index contributed by atoms with van der Waals surface area (Å²) < 4.78 is 29.0. The van der Waals surface area contributed by atoms with Gasteiger partial charge in [-0.3, -0.25) is 13.9 Å². The molecule has 4 aromatic rings. The van der Waals surface area contributed by atoms with E-state index < -0.39 is 28.5 Å². The van der Waals surface area contributed by atoms with Crippen LogP contribution in [0.5, 0.6) is 0 Å². The molecule has 0 heterocycles. The predicted molar refractivity (Wildman–Crippen MR) is 171 cm³/mol. The summed E-state index contributed by atoms with van der Waals surface area (Å²) in [5.74, 6) is -0.745. The van der Waals surface area contributed by atoms with Crippen molar-refractivity contribution in [2.45, 2.75) is 50.6 Å². The number of amides is 2. The summed E-state index contributed by atoms with van der Waals surface area (Å²) in [5.41, 5.74) is 3.18. The van der Waals surface area contributed by atoms with Gasteiger partial charge in [0.2, 0.25) is 11.8 Å². The molecular formula is C35H39N3O4S. The Morgan fingerprint density at radius 1 is 0.767 bits per heavy atom. The molecule has 0 bridgehead atoms. The predicted octanol–water partition coefficient (Wildman–Crippen LogP) is 5.75. The van der Waals surface area contributed by atoms with Crippen molar-refractivity contribution in [3.8, 4) is 0 Å². The lowest BCUT2D eigenvalue weighted by atomic mass is 10.0. The molecule has 0 aliphatic heterocycles. The number of nitrogens with zero attached hydrogens (tertiary/aromatic N) is 2. The molecule has 224 valence electrons. The van der Waals surface area contributed by atoms with Crippen molar-refractivity contribution in [3.05, 3.63) is 132 Å². The molecule has 0 aliphatic carbocycles. The standard InChI is InChI=1S/C35H39N3O4S/c1-3-4-24-36-35(40)33(25-29-14-8-5-9-15-29)37(26-30-22-20-28(2)21-23-30)34(39)27-38(31-16-10-6-11-17-31)43(41,42)32-18-12-7-13-19-32/h5-23,33H,3-4,24-27H2,1-2H3,(H,36,40)/t33-/m0/s1. The summed E-state index contributed by atoms with van der Waals surface area (Å²) in [6, 6.07) is 33.1. The highest BCUT2D eigenvalue weighted by Crippen LogP contribution is 2.25. The van der Waals surface area contributed by atoms with E-state index in [1.807, 2.05) is 68.4 Å². The number of aryl methyl sites for hydroxylation is 1. The third-order valence-electron chi connectivity index (χ3n) is 7.23. The van der Waals surface area contributed by atoms with Crippen LogP contribution in [0.2, 0.25) is 0 Å². The van der Waals surface area contributed by atoms with Gasteiger partial charge in [-0.25, -0.2) is 8.42 Å². The van der Waals surface area contributed by atoms with Crippen LogP contribution in [0, 0.1) is 6.92 Å². The lowest BCUT2D eigenvalue weighted by Gasteiger charge is -2.34. The molecule has 4 aromatic carbocycles. The van der Waals surface area contributed by atoms with Crippen LogP contribution in [0.3, 0.4) is 0 Å². The molecule has 1 N–H and O–H groups in total. The second-order valence-electron chi connectivity index (χ2n) is 10.5. The van der Waals surface area contributed by atoms with Crippen molar-refractivity contribution in [2.75, 3.05) is 17.4 Å². The minimum atomic E-state index is -4.10. The molecule has 2 amide bonds. The Morgan fingerprint density at radius 2 is 1.35 bits per heavy atom. The van der Waals surface area contributed by atoms with Crippen LogP contribution in [0.25, 0.3) is 0 Å². The first-order valence-electron chi connectivity index (χ1n) is 14.6. The summed E-state index contributed by atoms with van der Waals surface area (Å²) >= 11 is 0. The molecule has 1 atom stereocenters. The highest BCUT2D eigenvalue weighted by Gasteiger charge is 2.34. The van der Waals surface area contributed by atoms with E-state index in [1.54, 1.807) is 48.5 Å². The van der Waals surface area contributed by atoms with E-state index in [4.69, 9.17) is 0 Å². The van der Waals surface area contributed by atoms with Crippen molar-refractivity contribution in [1.82, 2.24) is 10.2 Å². The molecule has 0 radical (unpaired) electrons. The molecule has 0 fully saturated rings. The van der Waals surface area contributed by atoms with Crippen molar-refractivity contribution >= 4 is 27.5 Å². The highest BCUT2D eigenvalue weighted by atomic mass is 32.2. The number of nitrogens with one attached hydrogen (secondary N) is 1. The summed E-state index contributed by atoms with van der Waals surface area (Å²) in [6.07, 6.45) is 2.01. The van der Waals surface area contributed by atoms with Gasteiger partial charge in [0.1, 0.15) is 12.6 Å². The van der Waals surface area contributed by atoms with Crippen LogP contribution in [0.1, 0.15) is 36.5 Å². The number of benzene rings is 4. The number of hydrogen-bond acceptors (Lipinski definition) is 4. The van der Waals surface area contributed by atoms with Gasteiger partial charge in [-0.2, -0.15) is 0 Å². The van der Waals surface area contributed by atoms with Crippen LogP contribution in [-0.2, 0) is 32.6 Å². The van der Waals surface area contributed by atoms with Crippen molar-refractivity contribution in [2.24, 2.45) is 0 Å². The number of para-hydroxylation sites is 1. The SMILES string of the molecule is CCCCNC(=O)[C@H](Cc1ccccc1)N(Cc1ccc(C)cc1)C(=O)CN(c1ccccc1)S(=O)(=O)c1ccccc1. The molecule has 7 nitrogen and oxygen atoms in total. The molecule has 8 heteroatoms. The maximum absolute atomic E-state index is 14.4. The van der Waals surface area contributed by atoms with Gasteiger partial charge in [0, 0.05) is 19.5 Å². The molecule has 0 aliphatic rings. The first-order valence-corrected chi connectivity index (χ1v) is 16.0. The minimum Gasteiger partial charge on any atom is -0.354 e. The van der Waals surface area contributed by atoms with E-state index in [9.17, 15) is 18.0 Å². The molecule has 4 rings (SSSR count). The fraction of sp³-hybridized carbons (Fsp3) is 0.257. The van der Waals surface area contributed by atoms with Crippen molar-refractivity contribution in [1.29, 1.82) is 0 Å². The Kier molecular flexibility index (Phi) is 11.1. The maximum Gasteiger partial charge on any atom is 0.264 e. The van der Waals surface area contributed by atoms with Crippen LogP contribution in [0.15, 0.2) is 120 Å². The first kappa shape index (κ1) is 31.5. The smallest absolute Gasteiger partial charge is 0.264 e. The number of hydrogen-bond donors (Lipinski definition) is 1. The number of unbranched alkanes of at least 4 members (excludes halogenated alkanes) is 1. The fourth-order valence-corrected chi connectivity index (χ4v) is 6.23. The average Bonchev–Trinajstić information content (AvgIpc) is 3.03. The Balaban J connectivity index is 1.76. The van der Waals surface area contributed by atoms with Crippen molar-refractivity contribution < 1.29 is 18.0 Å². The number of anilines is 1. The quantitative estimate of drug-likeness (QED) is 0.188. The fourth-order valence-electron chi connectivity index (χ4n) is 4.79. The Morgan fingerprint density at radius 3 is 1.95 bits per heavy atom. The van der Waals surface area contributed by atoms with Gasteiger partial charge in [-0.05, 0) is 48.7 Å². The lowest BCUT2D eigenvalue weighted by Crippen LogP contribution is -2.53. The van der Waals surface area contributed by atoms with Gasteiger partial charge < -0.3 is 10.2 Å². The Labute approximate surface area is 255 Å². The molecular weight excluding hydrogens is 558 g/mol. The first-order chi connectivity index (χ1) is 20.8. The monoisotopic (exact) mass is 597 g/mol. The Bertz CT molecular complexity index is 1560. The summed E-state index contributed by atoms with van der Waals surface area (Å²) in [6.45, 7) is 4.20. The van der Waals surface area contributed by atoms with Gasteiger partial charge in [0.25, 0.3) is 10.0 Å². The average molecular weight is 598 g/mol. The molecule has 0 saturated heterocycles. The highest BCUT2D eigenvalue weighted by molar-refractivity contribution is 7.92. The molecule has 0 unspecified atom stereocenters. The number of carbonyl (C=O) groups is 2. The normalized spacial score (nSPS) is 11.9. The third kappa shape index (κ3) is 8.55. The summed E-state index contributed by atoms with van der Waals surface area (Å²) in [7, 11) is -4.10. The zero-order valence-corrected chi connectivity index (χ0v) is 25.5. The molecule has 0 spiro atoms. The Hall–Kier alpha value is -4.43. The molecule has 0 saturated carbocycles. The zero-order valence-electron chi connectivity index (χ0n) is 24.7. The topological polar surface area (TPSA) is 86.8 Å². The largest absolute Gasteiger partial charge is 0.354 e. The minimum absolute atomic E-state index is 0.0786. The van der Waals surface area contributed by atoms with Crippen LogP contribution in [0.4, 0.5) is 5.69 Å². The lowest BCUT2D eigenvalue weighted by molar-refractivity contribution is -0.140. The van der Waals surface area contributed by atoms with Gasteiger partial charge in [0.15, 0.2) is 0 Å². The summed E-state index contributed by atoms with van der Waals surface area (Å²) in [5, 5.41) is 3.01. The third-order valence-corrected chi connectivity index (χ3v) is 9.02. The maximum atomic E-state index is 14.4. The van der Waals surface area contributed by atoms with E-state index in [2.05, 4.69) is 5.32 Å². The van der Waals surface area contributed by atoms with E-state index in [0.29, 0.717) is 12.2 Å². The van der Waals surface area contributed by atoms with Crippen LogP contribution < -0.4 is 9.62 Å². The van der Waals surface area contributed by atoms with Crippen LogP contribution >= 0.6 is 0 Å². The zero-order chi connectivity index (χ0) is 30.7. The van der Waals surface area contributed by atoms with Gasteiger partial charge >= 0.3 is 0 Å². The van der Waals surface area contributed by atoms with Gasteiger partial charge in [-0.1, -0.05) is 110 Å². The second kappa shape index (κ2) is 15.2. The van der Waals surface area contributed by atoms with Gasteiger partial charge in [-0.15, -0.1) is 0 Å². The van der Waals surface area contributed by atoms with Crippen molar-refractivity contribution in [3.63, 3.8) is 0 Å². The molecule has 0 aromatic heterocycles. The van der Waals surface area contributed by atoms with Gasteiger partial charge in [0.05, 0.1) is 10.6 Å². The van der Waals surface area contributed by atoms with E-state index in [0.717, 1.165) is 33.8 Å². The number of rotatable bonds is 14. The van der Waals surface area contributed by atoms with E-state index in [-0.39, 0.29) is 23.8 Å². The number of carbonyl (C=O) groups excluding carboxylic acids is 2. The second-order valence-corrected chi connectivity index (χ2v) is 12.4. The van der Waals surface area contributed by atoms with Crippen LogP contribution in [-0.4, -0.2) is 44.3 Å². The number of sulfonamides is 1. The molecule has 43 heavy (non-hydrogen) atoms. The van der Waals surface area contributed by atoms with E-state index in [1.165, 1.54) is 17.0 Å². The van der Waals surface area contributed by atoms with E-state index >= 15 is 0 Å². The summed E-state index contributed by atoms with van der Waals surface area (Å²) in [4.78, 5) is 29.7.